The van der Waals surface area contributed by atoms with Crippen molar-refractivity contribution in [2.24, 2.45) is 5.73 Å². The molecular weight excluding hydrogens is 320 g/mol. The predicted octanol–water partition coefficient (Wildman–Crippen LogP) is 1.96. The Morgan fingerprint density at radius 3 is 2.56 bits per heavy atom. The standard InChI is InChI=1S/C18H16N4O3/c1-12(17(19)23)25-18(24)15-11-22(14-7-3-2-4-8-14)21-16(15)13-6-5-9-20-10-13/h2-12H,1H3,(H2,19,23)/t12-/m0/s1. The number of nitrogens with two attached hydrogens (primary N) is 1. The molecule has 1 amide bonds. The van der Waals surface area contributed by atoms with Gasteiger partial charge in [0, 0.05) is 24.2 Å². The lowest BCUT2D eigenvalue weighted by Crippen LogP contribution is -2.30. The maximum atomic E-state index is 12.5. The fourth-order valence-electron chi connectivity index (χ4n) is 2.23. The minimum Gasteiger partial charge on any atom is -0.449 e. The van der Waals surface area contributed by atoms with Crippen LogP contribution in [-0.4, -0.2) is 32.7 Å². The van der Waals surface area contributed by atoms with E-state index in [1.807, 2.05) is 30.3 Å². The minimum absolute atomic E-state index is 0.227. The van der Waals surface area contributed by atoms with Gasteiger partial charge in [-0.25, -0.2) is 9.48 Å². The van der Waals surface area contributed by atoms with Gasteiger partial charge in [-0.1, -0.05) is 18.2 Å². The van der Waals surface area contributed by atoms with Crippen molar-refractivity contribution in [2.45, 2.75) is 13.0 Å². The third kappa shape index (κ3) is 3.55. The number of benzene rings is 1. The first-order valence-electron chi connectivity index (χ1n) is 7.62. The number of nitrogens with zero attached hydrogens (tertiary/aromatic N) is 3. The van der Waals surface area contributed by atoms with Crippen LogP contribution in [0.2, 0.25) is 0 Å². The lowest BCUT2D eigenvalue weighted by atomic mass is 10.1. The molecule has 0 saturated heterocycles. The van der Waals surface area contributed by atoms with Crippen LogP contribution in [0.25, 0.3) is 16.9 Å². The predicted molar refractivity (Wildman–Crippen MR) is 90.9 cm³/mol. The van der Waals surface area contributed by atoms with Gasteiger partial charge in [0.1, 0.15) is 11.3 Å². The van der Waals surface area contributed by atoms with Gasteiger partial charge in [0.15, 0.2) is 6.10 Å². The molecule has 25 heavy (non-hydrogen) atoms. The molecule has 0 aliphatic rings. The number of pyridine rings is 1. The van der Waals surface area contributed by atoms with Gasteiger partial charge < -0.3 is 10.5 Å². The van der Waals surface area contributed by atoms with E-state index in [4.69, 9.17) is 10.5 Å². The molecule has 126 valence electrons. The highest BCUT2D eigenvalue weighted by molar-refractivity contribution is 5.97. The number of hydrogen-bond donors (Lipinski definition) is 1. The lowest BCUT2D eigenvalue weighted by Gasteiger charge is -2.09. The fourth-order valence-corrected chi connectivity index (χ4v) is 2.23. The van der Waals surface area contributed by atoms with E-state index in [1.165, 1.54) is 6.92 Å². The number of aromatic nitrogens is 3. The van der Waals surface area contributed by atoms with Crippen LogP contribution in [0.15, 0.2) is 61.1 Å². The number of para-hydroxylation sites is 1. The molecule has 0 spiro atoms. The molecule has 1 atom stereocenters. The Hall–Kier alpha value is -3.48. The Balaban J connectivity index is 2.05. The summed E-state index contributed by atoms with van der Waals surface area (Å²) in [5.41, 5.74) is 7.25. The molecule has 1 aromatic carbocycles. The van der Waals surface area contributed by atoms with Crippen LogP contribution in [0.3, 0.4) is 0 Å². The van der Waals surface area contributed by atoms with Crippen molar-refractivity contribution >= 4 is 11.9 Å². The summed E-state index contributed by atoms with van der Waals surface area (Å²) in [6.45, 7) is 1.42. The normalized spacial score (nSPS) is 11.7. The van der Waals surface area contributed by atoms with Crippen LogP contribution in [0.5, 0.6) is 0 Å². The average Bonchev–Trinajstić information content (AvgIpc) is 3.08. The number of ether oxygens (including phenoxy) is 1. The molecule has 0 radical (unpaired) electrons. The summed E-state index contributed by atoms with van der Waals surface area (Å²) in [4.78, 5) is 27.7. The van der Waals surface area contributed by atoms with Gasteiger partial charge in [-0.05, 0) is 31.2 Å². The number of carbonyl (C=O) groups is 2. The maximum absolute atomic E-state index is 12.5. The van der Waals surface area contributed by atoms with Gasteiger partial charge in [0.05, 0.1) is 5.69 Å². The topological polar surface area (TPSA) is 100 Å². The highest BCUT2D eigenvalue weighted by Gasteiger charge is 2.23. The number of rotatable bonds is 5. The lowest BCUT2D eigenvalue weighted by molar-refractivity contribution is -0.125. The second-order valence-corrected chi connectivity index (χ2v) is 5.36. The smallest absolute Gasteiger partial charge is 0.342 e. The summed E-state index contributed by atoms with van der Waals surface area (Å²) in [5, 5.41) is 4.48. The van der Waals surface area contributed by atoms with Gasteiger partial charge >= 0.3 is 5.97 Å². The summed E-state index contributed by atoms with van der Waals surface area (Å²) in [6, 6.07) is 12.9. The molecule has 2 heterocycles. The molecular formula is C18H16N4O3. The zero-order valence-corrected chi connectivity index (χ0v) is 13.5. The van der Waals surface area contributed by atoms with E-state index in [2.05, 4.69) is 10.1 Å². The number of esters is 1. The number of hydrogen-bond acceptors (Lipinski definition) is 5. The third-order valence-corrected chi connectivity index (χ3v) is 3.57. The Labute approximate surface area is 144 Å². The Bertz CT molecular complexity index is 891. The van der Waals surface area contributed by atoms with Crippen LogP contribution < -0.4 is 5.73 Å². The summed E-state index contributed by atoms with van der Waals surface area (Å²) in [6.07, 6.45) is 3.76. The van der Waals surface area contributed by atoms with Crippen molar-refractivity contribution in [3.05, 3.63) is 66.6 Å². The molecule has 7 heteroatoms. The first-order valence-corrected chi connectivity index (χ1v) is 7.62. The zero-order valence-electron chi connectivity index (χ0n) is 13.5. The van der Waals surface area contributed by atoms with Gasteiger partial charge in [-0.3, -0.25) is 9.78 Å². The second-order valence-electron chi connectivity index (χ2n) is 5.36. The van der Waals surface area contributed by atoms with E-state index in [0.717, 1.165) is 5.69 Å². The van der Waals surface area contributed by atoms with E-state index >= 15 is 0 Å². The summed E-state index contributed by atoms with van der Waals surface area (Å²) in [7, 11) is 0. The summed E-state index contributed by atoms with van der Waals surface area (Å²) >= 11 is 0. The molecule has 3 aromatic rings. The van der Waals surface area contributed by atoms with Gasteiger partial charge in [0.2, 0.25) is 0 Å². The van der Waals surface area contributed by atoms with Crippen molar-refractivity contribution in [1.29, 1.82) is 0 Å². The first-order chi connectivity index (χ1) is 12.1. The van der Waals surface area contributed by atoms with E-state index in [9.17, 15) is 9.59 Å². The van der Waals surface area contributed by atoms with Gasteiger partial charge in [-0.15, -0.1) is 0 Å². The molecule has 0 aliphatic carbocycles. The van der Waals surface area contributed by atoms with Crippen molar-refractivity contribution < 1.29 is 14.3 Å². The first kappa shape index (κ1) is 16.4. The number of carbonyl (C=O) groups excluding carboxylic acids is 2. The molecule has 2 N–H and O–H groups in total. The molecule has 0 aliphatic heterocycles. The quantitative estimate of drug-likeness (QED) is 0.718. The van der Waals surface area contributed by atoms with Crippen LogP contribution >= 0.6 is 0 Å². The van der Waals surface area contributed by atoms with Gasteiger partial charge in [-0.2, -0.15) is 5.10 Å². The molecule has 7 nitrogen and oxygen atoms in total. The fraction of sp³-hybridized carbons (Fsp3) is 0.111. The summed E-state index contributed by atoms with van der Waals surface area (Å²) < 4.78 is 6.70. The summed E-state index contributed by atoms with van der Waals surface area (Å²) in [5.74, 6) is -1.39. The van der Waals surface area contributed by atoms with Crippen molar-refractivity contribution in [3.8, 4) is 16.9 Å². The molecule has 0 fully saturated rings. The number of primary amides is 1. The molecule has 3 rings (SSSR count). The molecule has 0 saturated carbocycles. The molecule has 2 aromatic heterocycles. The average molecular weight is 336 g/mol. The van der Waals surface area contributed by atoms with Gasteiger partial charge in [0.25, 0.3) is 5.91 Å². The van der Waals surface area contributed by atoms with E-state index in [-0.39, 0.29) is 5.56 Å². The highest BCUT2D eigenvalue weighted by atomic mass is 16.5. The van der Waals surface area contributed by atoms with Crippen LogP contribution in [0.1, 0.15) is 17.3 Å². The number of amides is 1. The van der Waals surface area contributed by atoms with Crippen LogP contribution in [-0.2, 0) is 9.53 Å². The van der Waals surface area contributed by atoms with Crippen molar-refractivity contribution in [1.82, 2.24) is 14.8 Å². The Morgan fingerprint density at radius 1 is 1.16 bits per heavy atom. The van der Waals surface area contributed by atoms with Crippen molar-refractivity contribution in [2.75, 3.05) is 0 Å². The van der Waals surface area contributed by atoms with E-state index < -0.39 is 18.0 Å². The van der Waals surface area contributed by atoms with Crippen LogP contribution in [0, 0.1) is 0 Å². The van der Waals surface area contributed by atoms with Crippen LogP contribution in [0.4, 0.5) is 0 Å². The SMILES string of the molecule is C[C@H](OC(=O)c1cn(-c2ccccc2)nc1-c1cccnc1)C(N)=O. The second kappa shape index (κ2) is 6.96. The van der Waals surface area contributed by atoms with Crippen molar-refractivity contribution in [3.63, 3.8) is 0 Å². The maximum Gasteiger partial charge on any atom is 0.342 e. The largest absolute Gasteiger partial charge is 0.449 e. The zero-order chi connectivity index (χ0) is 17.8. The Kier molecular flexibility index (Phi) is 4.56. The van der Waals surface area contributed by atoms with E-state index in [1.54, 1.807) is 35.4 Å². The Morgan fingerprint density at radius 2 is 1.92 bits per heavy atom. The monoisotopic (exact) mass is 336 g/mol. The minimum atomic E-state index is -1.03. The molecule has 0 unspecified atom stereocenters. The molecule has 0 bridgehead atoms. The third-order valence-electron chi connectivity index (χ3n) is 3.57. The van der Waals surface area contributed by atoms with E-state index in [0.29, 0.717) is 11.3 Å². The highest BCUT2D eigenvalue weighted by Crippen LogP contribution is 2.24.